The molecule has 0 unspecified atom stereocenters. The molecule has 0 aliphatic heterocycles. The summed E-state index contributed by atoms with van der Waals surface area (Å²) in [5.41, 5.74) is 2.44. The fourth-order valence-corrected chi connectivity index (χ4v) is 2.47. The number of rotatable bonds is 3. The summed E-state index contributed by atoms with van der Waals surface area (Å²) in [6, 6.07) is 11.4. The Kier molecular flexibility index (Phi) is 3.80. The van der Waals surface area contributed by atoms with E-state index < -0.39 is 0 Å². The van der Waals surface area contributed by atoms with Gasteiger partial charge in [0.25, 0.3) is 0 Å². The Balaban J connectivity index is 1.99. The van der Waals surface area contributed by atoms with Crippen LogP contribution in [0.4, 0.5) is 5.69 Å². The molecule has 2 aromatic heterocycles. The highest BCUT2D eigenvalue weighted by Crippen LogP contribution is 2.23. The number of pyridine rings is 1. The molecule has 0 aliphatic carbocycles. The van der Waals surface area contributed by atoms with Gasteiger partial charge in [-0.05, 0) is 17.7 Å². The van der Waals surface area contributed by atoms with E-state index in [0.29, 0.717) is 12.2 Å². The van der Waals surface area contributed by atoms with Crippen molar-refractivity contribution < 1.29 is 0 Å². The first-order valence-electron chi connectivity index (χ1n) is 6.36. The van der Waals surface area contributed by atoms with E-state index in [4.69, 9.17) is 6.57 Å². The van der Waals surface area contributed by atoms with Gasteiger partial charge in [-0.25, -0.2) is 9.83 Å². The van der Waals surface area contributed by atoms with Crippen LogP contribution < -0.4 is 0 Å². The largest absolute Gasteiger partial charge is 0.327 e. The third kappa shape index (κ3) is 2.86. The van der Waals surface area contributed by atoms with Gasteiger partial charge in [-0.1, -0.05) is 40.2 Å². The van der Waals surface area contributed by atoms with Crippen molar-refractivity contribution in [2.75, 3.05) is 0 Å². The normalized spacial score (nSPS) is 10.3. The minimum absolute atomic E-state index is 0.599. The lowest BCUT2D eigenvalue weighted by Gasteiger charge is -2.09. The first-order chi connectivity index (χ1) is 10.3. The standard InChI is InChI=1S/C16H11BrN4/c1-18-14-5-3-2-4-12(14)11-21-9-8-20-16(21)15-10-13(17)6-7-19-15/h2-10H,11H2. The van der Waals surface area contributed by atoms with E-state index in [-0.39, 0.29) is 0 Å². The average Bonchev–Trinajstić information content (AvgIpc) is 2.96. The Labute approximate surface area is 131 Å². The third-order valence-electron chi connectivity index (χ3n) is 3.12. The molecule has 102 valence electrons. The minimum atomic E-state index is 0.599. The van der Waals surface area contributed by atoms with Gasteiger partial charge in [0, 0.05) is 29.6 Å². The summed E-state index contributed by atoms with van der Waals surface area (Å²) in [6.45, 7) is 7.84. The van der Waals surface area contributed by atoms with E-state index in [1.807, 2.05) is 47.2 Å². The Morgan fingerprint density at radius 2 is 2.00 bits per heavy atom. The fraction of sp³-hybridized carbons (Fsp3) is 0.0625. The topological polar surface area (TPSA) is 35.1 Å². The van der Waals surface area contributed by atoms with Crippen LogP contribution in [0.3, 0.4) is 0 Å². The lowest BCUT2D eigenvalue weighted by atomic mass is 10.2. The highest BCUT2D eigenvalue weighted by atomic mass is 79.9. The average molecular weight is 339 g/mol. The second kappa shape index (κ2) is 5.90. The minimum Gasteiger partial charge on any atom is -0.327 e. The lowest BCUT2D eigenvalue weighted by molar-refractivity contribution is 0.806. The van der Waals surface area contributed by atoms with Crippen molar-refractivity contribution in [3.05, 3.63) is 76.4 Å². The number of nitrogens with zero attached hydrogens (tertiary/aromatic N) is 4. The molecular formula is C16H11BrN4. The maximum absolute atomic E-state index is 7.24. The van der Waals surface area contributed by atoms with Crippen LogP contribution in [-0.4, -0.2) is 14.5 Å². The maximum Gasteiger partial charge on any atom is 0.192 e. The van der Waals surface area contributed by atoms with Crippen molar-refractivity contribution in [3.63, 3.8) is 0 Å². The van der Waals surface area contributed by atoms with E-state index in [1.54, 1.807) is 12.4 Å². The molecule has 0 aliphatic rings. The predicted molar refractivity (Wildman–Crippen MR) is 85.0 cm³/mol. The van der Waals surface area contributed by atoms with Gasteiger partial charge in [0.05, 0.1) is 6.57 Å². The van der Waals surface area contributed by atoms with Crippen LogP contribution in [0.15, 0.2) is 59.5 Å². The molecule has 1 aromatic carbocycles. The van der Waals surface area contributed by atoms with Gasteiger partial charge >= 0.3 is 0 Å². The highest BCUT2D eigenvalue weighted by molar-refractivity contribution is 9.10. The summed E-state index contributed by atoms with van der Waals surface area (Å²) in [5, 5.41) is 0. The molecule has 21 heavy (non-hydrogen) atoms. The van der Waals surface area contributed by atoms with Gasteiger partial charge in [-0.15, -0.1) is 0 Å². The maximum atomic E-state index is 7.24. The number of imidazole rings is 1. The molecule has 0 N–H and O–H groups in total. The zero-order chi connectivity index (χ0) is 14.7. The first-order valence-corrected chi connectivity index (χ1v) is 7.15. The number of benzene rings is 1. The van der Waals surface area contributed by atoms with E-state index in [9.17, 15) is 0 Å². The van der Waals surface area contributed by atoms with Crippen LogP contribution in [0.1, 0.15) is 5.56 Å². The zero-order valence-electron chi connectivity index (χ0n) is 11.1. The molecule has 0 radical (unpaired) electrons. The molecule has 0 amide bonds. The Morgan fingerprint density at radius 3 is 2.81 bits per heavy atom. The SMILES string of the molecule is [C-]#[N+]c1ccccc1Cn1ccnc1-c1cc(Br)ccn1. The molecule has 5 heteroatoms. The van der Waals surface area contributed by atoms with Gasteiger partial charge < -0.3 is 4.57 Å². The highest BCUT2D eigenvalue weighted by Gasteiger charge is 2.10. The van der Waals surface area contributed by atoms with Crippen molar-refractivity contribution in [3.8, 4) is 11.5 Å². The molecular weight excluding hydrogens is 328 g/mol. The molecule has 3 aromatic rings. The summed E-state index contributed by atoms with van der Waals surface area (Å²) in [5.74, 6) is 0.788. The third-order valence-corrected chi connectivity index (χ3v) is 3.61. The smallest absolute Gasteiger partial charge is 0.192 e. The zero-order valence-corrected chi connectivity index (χ0v) is 12.7. The molecule has 0 spiro atoms. The second-order valence-electron chi connectivity index (χ2n) is 4.48. The quantitative estimate of drug-likeness (QED) is 0.667. The van der Waals surface area contributed by atoms with Crippen molar-refractivity contribution in [1.82, 2.24) is 14.5 Å². The van der Waals surface area contributed by atoms with Crippen molar-refractivity contribution >= 4 is 21.6 Å². The number of aromatic nitrogens is 3. The van der Waals surface area contributed by atoms with Crippen LogP contribution in [-0.2, 0) is 6.54 Å². The number of hydrogen-bond acceptors (Lipinski definition) is 2. The molecule has 0 saturated heterocycles. The summed E-state index contributed by atoms with van der Waals surface area (Å²) in [6.07, 6.45) is 5.39. The monoisotopic (exact) mass is 338 g/mol. The lowest BCUT2D eigenvalue weighted by Crippen LogP contribution is -2.02. The number of halogens is 1. The summed E-state index contributed by atoms with van der Waals surface area (Å²) in [7, 11) is 0. The van der Waals surface area contributed by atoms with Crippen LogP contribution in [0.5, 0.6) is 0 Å². The van der Waals surface area contributed by atoms with Crippen LogP contribution >= 0.6 is 15.9 Å². The van der Waals surface area contributed by atoms with E-state index >= 15 is 0 Å². The summed E-state index contributed by atoms with van der Waals surface area (Å²) in [4.78, 5) is 12.3. The Bertz CT molecular complexity index is 817. The van der Waals surface area contributed by atoms with Gasteiger partial charge in [-0.3, -0.25) is 4.98 Å². The first kappa shape index (κ1) is 13.5. The molecule has 0 saturated carbocycles. The number of hydrogen-bond donors (Lipinski definition) is 0. The molecule has 4 nitrogen and oxygen atoms in total. The molecule has 3 rings (SSSR count). The van der Waals surface area contributed by atoms with Crippen LogP contribution in [0.2, 0.25) is 0 Å². The Hall–Kier alpha value is -2.45. The predicted octanol–water partition coefficient (Wildman–Crippen LogP) is 4.31. The number of para-hydroxylation sites is 1. The van der Waals surface area contributed by atoms with E-state index in [0.717, 1.165) is 21.6 Å². The van der Waals surface area contributed by atoms with Gasteiger partial charge in [0.2, 0.25) is 0 Å². The van der Waals surface area contributed by atoms with Crippen molar-refractivity contribution in [2.24, 2.45) is 0 Å². The molecule has 2 heterocycles. The van der Waals surface area contributed by atoms with Crippen molar-refractivity contribution in [2.45, 2.75) is 6.54 Å². The Morgan fingerprint density at radius 1 is 1.14 bits per heavy atom. The summed E-state index contributed by atoms with van der Waals surface area (Å²) >= 11 is 3.45. The van der Waals surface area contributed by atoms with Crippen LogP contribution in [0, 0.1) is 6.57 Å². The van der Waals surface area contributed by atoms with Gasteiger partial charge in [-0.2, -0.15) is 0 Å². The summed E-state index contributed by atoms with van der Waals surface area (Å²) < 4.78 is 2.96. The van der Waals surface area contributed by atoms with Crippen LogP contribution in [0.25, 0.3) is 16.4 Å². The van der Waals surface area contributed by atoms with E-state index in [2.05, 4.69) is 30.7 Å². The second-order valence-corrected chi connectivity index (χ2v) is 5.39. The molecule has 0 atom stereocenters. The molecule has 0 bridgehead atoms. The van der Waals surface area contributed by atoms with Crippen molar-refractivity contribution in [1.29, 1.82) is 0 Å². The molecule has 0 fully saturated rings. The fourth-order valence-electron chi connectivity index (χ4n) is 2.13. The van der Waals surface area contributed by atoms with Gasteiger partial charge in [0.1, 0.15) is 5.69 Å². The van der Waals surface area contributed by atoms with E-state index in [1.165, 1.54) is 0 Å². The van der Waals surface area contributed by atoms with Gasteiger partial charge in [0.15, 0.2) is 11.5 Å².